The van der Waals surface area contributed by atoms with Crippen LogP contribution in [0, 0.1) is 12.3 Å². The molecule has 3 rings (SSSR count). The van der Waals surface area contributed by atoms with Gasteiger partial charge in [-0.15, -0.1) is 11.3 Å². The highest BCUT2D eigenvalue weighted by Gasteiger charge is 2.44. The number of aliphatic hydroxyl groups excluding tert-OH is 1. The predicted octanol–water partition coefficient (Wildman–Crippen LogP) is 1.57. The van der Waals surface area contributed by atoms with E-state index in [0.29, 0.717) is 13.2 Å². The number of hydrogen-bond donors (Lipinski definition) is 4. The van der Waals surface area contributed by atoms with Gasteiger partial charge in [0.1, 0.15) is 12.1 Å². The summed E-state index contributed by atoms with van der Waals surface area (Å²) in [6.45, 7) is 8.71. The van der Waals surface area contributed by atoms with Crippen LogP contribution >= 0.6 is 11.3 Å². The molecular weight excluding hydrogens is 534 g/mol. The van der Waals surface area contributed by atoms with Gasteiger partial charge in [-0.2, -0.15) is 0 Å². The van der Waals surface area contributed by atoms with Gasteiger partial charge in [-0.05, 0) is 23.5 Å². The number of β-amino-alcohol motifs (C(OH)–C–C–N with tert-alkyl or cyclic N) is 1. The molecule has 1 aromatic carbocycles. The lowest BCUT2D eigenvalue weighted by Gasteiger charge is -2.35. The topological polar surface area (TPSA) is 156 Å². The van der Waals surface area contributed by atoms with Gasteiger partial charge in [0, 0.05) is 25.9 Å². The number of nitrogens with two attached hydrogens (primary N) is 1. The fourth-order valence-corrected chi connectivity index (χ4v) is 5.29. The molecule has 0 radical (unpaired) electrons. The zero-order valence-electron chi connectivity index (χ0n) is 23.6. The number of aryl methyl sites for hydroxylation is 1. The van der Waals surface area contributed by atoms with Crippen molar-refractivity contribution in [2.75, 3.05) is 33.1 Å². The highest BCUT2D eigenvalue weighted by Crippen LogP contribution is 2.28. The van der Waals surface area contributed by atoms with Crippen molar-refractivity contribution in [1.82, 2.24) is 20.5 Å². The van der Waals surface area contributed by atoms with Crippen molar-refractivity contribution in [3.63, 3.8) is 0 Å². The van der Waals surface area contributed by atoms with Gasteiger partial charge in [0.25, 0.3) is 0 Å². The van der Waals surface area contributed by atoms with Crippen molar-refractivity contribution in [2.24, 2.45) is 11.1 Å². The normalized spacial score (nSPS) is 18.0. The Kier molecular flexibility index (Phi) is 11.6. The van der Waals surface area contributed by atoms with Crippen LogP contribution in [0.5, 0.6) is 0 Å². The molecule has 12 heteroatoms. The number of nitrogens with one attached hydrogen (secondary N) is 2. The van der Waals surface area contributed by atoms with Crippen molar-refractivity contribution in [2.45, 2.75) is 65.3 Å². The second-order valence-corrected chi connectivity index (χ2v) is 11.7. The van der Waals surface area contributed by atoms with Crippen molar-refractivity contribution in [3.05, 3.63) is 41.0 Å². The first-order valence-corrected chi connectivity index (χ1v) is 14.3. The third kappa shape index (κ3) is 8.80. The maximum Gasteiger partial charge on any atom is 0.246 e. The van der Waals surface area contributed by atoms with E-state index in [1.165, 1.54) is 4.90 Å². The summed E-state index contributed by atoms with van der Waals surface area (Å²) < 4.78 is 10.4. The van der Waals surface area contributed by atoms with E-state index < -0.39 is 29.5 Å². The van der Waals surface area contributed by atoms with Crippen LogP contribution in [0.25, 0.3) is 10.4 Å². The van der Waals surface area contributed by atoms with Crippen molar-refractivity contribution < 1.29 is 29.0 Å². The van der Waals surface area contributed by atoms with Crippen molar-refractivity contribution in [1.29, 1.82) is 0 Å². The van der Waals surface area contributed by atoms with Gasteiger partial charge in [0.05, 0.1) is 48.7 Å². The lowest BCUT2D eigenvalue weighted by atomic mass is 9.85. The molecule has 0 bridgehead atoms. The maximum atomic E-state index is 13.6. The van der Waals surface area contributed by atoms with Crippen molar-refractivity contribution in [3.8, 4) is 10.4 Å². The Morgan fingerprint density at radius 3 is 2.50 bits per heavy atom. The number of amides is 3. The molecule has 3 atom stereocenters. The molecule has 2 aromatic rings. The number of carbonyl (C=O) groups is 3. The van der Waals surface area contributed by atoms with E-state index in [9.17, 15) is 19.5 Å². The number of thiazole rings is 1. The average Bonchev–Trinajstić information content (AvgIpc) is 3.52. The molecule has 40 heavy (non-hydrogen) atoms. The largest absolute Gasteiger partial charge is 0.391 e. The molecule has 1 aliphatic heterocycles. The van der Waals surface area contributed by atoms with Crippen LogP contribution in [0.4, 0.5) is 0 Å². The molecule has 5 N–H and O–H groups in total. The number of rotatable bonds is 13. The fraction of sp³-hybridized carbons (Fsp3) is 0.571. The van der Waals surface area contributed by atoms with Gasteiger partial charge in [0.15, 0.2) is 0 Å². The summed E-state index contributed by atoms with van der Waals surface area (Å²) in [4.78, 5) is 46.2. The number of aromatic nitrogens is 1. The summed E-state index contributed by atoms with van der Waals surface area (Å²) in [6.07, 6.45) is -0.636. The molecule has 0 spiro atoms. The van der Waals surface area contributed by atoms with Crippen LogP contribution in [0.3, 0.4) is 0 Å². The Morgan fingerprint density at radius 2 is 1.88 bits per heavy atom. The smallest absolute Gasteiger partial charge is 0.246 e. The SMILES string of the molecule is Cc1ncsc1-c1ccc(CNC(=O)C2CC(O)CN2C(=O)C(NC(=O)CCOCCOCN)C(C)(C)C)cc1. The van der Waals surface area contributed by atoms with Crippen LogP contribution in [0.2, 0.25) is 0 Å². The zero-order valence-corrected chi connectivity index (χ0v) is 24.5. The number of likely N-dealkylation sites (tertiary alicyclic amines) is 1. The fourth-order valence-electron chi connectivity index (χ4n) is 4.48. The Balaban J connectivity index is 1.59. The van der Waals surface area contributed by atoms with Gasteiger partial charge < -0.3 is 35.8 Å². The highest BCUT2D eigenvalue weighted by atomic mass is 32.1. The van der Waals surface area contributed by atoms with E-state index in [4.69, 9.17) is 15.2 Å². The van der Waals surface area contributed by atoms with Gasteiger partial charge in [-0.3, -0.25) is 14.4 Å². The van der Waals surface area contributed by atoms with Crippen molar-refractivity contribution >= 4 is 29.1 Å². The molecule has 2 heterocycles. The first-order valence-electron chi connectivity index (χ1n) is 13.4. The molecule has 1 saturated heterocycles. The Hall–Kier alpha value is -2.90. The number of hydrogen-bond acceptors (Lipinski definition) is 9. The Labute approximate surface area is 239 Å². The molecule has 1 aromatic heterocycles. The minimum absolute atomic E-state index is 0.0204. The second kappa shape index (κ2) is 14.6. The maximum absolute atomic E-state index is 13.6. The summed E-state index contributed by atoms with van der Waals surface area (Å²) in [5.74, 6) is -1.09. The van der Waals surface area contributed by atoms with Crippen LogP contribution in [-0.2, 0) is 30.4 Å². The summed E-state index contributed by atoms with van der Waals surface area (Å²) in [7, 11) is 0. The van der Waals surface area contributed by atoms with Gasteiger partial charge >= 0.3 is 0 Å². The molecule has 11 nitrogen and oxygen atoms in total. The number of ether oxygens (including phenoxy) is 2. The first-order chi connectivity index (χ1) is 19.0. The van der Waals surface area contributed by atoms with E-state index >= 15 is 0 Å². The molecule has 1 aliphatic rings. The number of carbonyl (C=O) groups excluding carboxylic acids is 3. The quantitative estimate of drug-likeness (QED) is 0.207. The minimum Gasteiger partial charge on any atom is -0.391 e. The van der Waals surface area contributed by atoms with E-state index in [1.54, 1.807) is 11.3 Å². The predicted molar refractivity (Wildman–Crippen MR) is 152 cm³/mol. The molecule has 0 aliphatic carbocycles. The lowest BCUT2D eigenvalue weighted by molar-refractivity contribution is -0.144. The first kappa shape index (κ1) is 31.6. The highest BCUT2D eigenvalue weighted by molar-refractivity contribution is 7.13. The summed E-state index contributed by atoms with van der Waals surface area (Å²) in [5, 5.41) is 16.1. The molecular formula is C28H41N5O6S. The van der Waals surface area contributed by atoms with Crippen LogP contribution in [-0.4, -0.2) is 84.0 Å². The number of benzene rings is 1. The monoisotopic (exact) mass is 575 g/mol. The van der Waals surface area contributed by atoms with E-state index in [2.05, 4.69) is 15.6 Å². The molecule has 3 amide bonds. The summed E-state index contributed by atoms with van der Waals surface area (Å²) >= 11 is 1.58. The van der Waals surface area contributed by atoms with Gasteiger partial charge in [0.2, 0.25) is 17.7 Å². The molecule has 0 saturated carbocycles. The standard InChI is InChI=1S/C28H41N5O6S/c1-18-24(40-17-31-18)20-7-5-19(6-8-20)14-30-26(36)22-13-21(34)15-33(22)27(37)25(28(2,3)4)32-23(35)9-10-38-11-12-39-16-29/h5-8,17,21-22,25,34H,9-16,29H2,1-4H3,(H,30,36)(H,32,35). The minimum atomic E-state index is -0.885. The lowest BCUT2D eigenvalue weighted by Crippen LogP contribution is -2.57. The number of aliphatic hydroxyl groups is 1. The Morgan fingerprint density at radius 1 is 1.18 bits per heavy atom. The Bertz CT molecular complexity index is 1130. The van der Waals surface area contributed by atoms with Gasteiger partial charge in [-0.25, -0.2) is 4.98 Å². The van der Waals surface area contributed by atoms with Crippen LogP contribution in [0.15, 0.2) is 29.8 Å². The van der Waals surface area contributed by atoms with Gasteiger partial charge in [-0.1, -0.05) is 45.0 Å². The second-order valence-electron chi connectivity index (χ2n) is 10.9. The molecule has 1 fully saturated rings. The summed E-state index contributed by atoms with van der Waals surface area (Å²) in [5.41, 5.74) is 9.38. The zero-order chi connectivity index (χ0) is 29.3. The van der Waals surface area contributed by atoms with E-state index in [0.717, 1.165) is 21.7 Å². The molecule has 3 unspecified atom stereocenters. The van der Waals surface area contributed by atoms with E-state index in [1.807, 2.05) is 57.5 Å². The van der Waals surface area contributed by atoms with Crippen LogP contribution < -0.4 is 16.4 Å². The van der Waals surface area contributed by atoms with E-state index in [-0.39, 0.29) is 51.1 Å². The third-order valence-electron chi connectivity index (χ3n) is 6.67. The third-order valence-corrected chi connectivity index (χ3v) is 7.65. The van der Waals surface area contributed by atoms with Crippen LogP contribution in [0.1, 0.15) is 44.9 Å². The molecule has 220 valence electrons. The average molecular weight is 576 g/mol. The number of nitrogens with zero attached hydrogens (tertiary/aromatic N) is 2. The summed E-state index contributed by atoms with van der Waals surface area (Å²) in [6, 6.07) is 6.15.